The van der Waals surface area contributed by atoms with Gasteiger partial charge in [0.2, 0.25) is 0 Å². The van der Waals surface area contributed by atoms with E-state index >= 15 is 0 Å². The largest absolute Gasteiger partial charge is 1.00 e. The Morgan fingerprint density at radius 3 is 1.07 bits per heavy atom. The van der Waals surface area contributed by atoms with Crippen LogP contribution in [0.1, 0.15) is 180 Å². The van der Waals surface area contributed by atoms with Crippen LogP contribution in [0.5, 0.6) is 0 Å². The van der Waals surface area contributed by atoms with Crippen molar-refractivity contribution in [1.29, 1.82) is 0 Å². The van der Waals surface area contributed by atoms with Crippen LogP contribution in [0.3, 0.4) is 0 Å². The summed E-state index contributed by atoms with van der Waals surface area (Å²) in [5, 5.41) is 37.3. The van der Waals surface area contributed by atoms with Gasteiger partial charge in [0, 0.05) is 53.9 Å². The number of aliphatic carboxylic acids is 1. The van der Waals surface area contributed by atoms with Gasteiger partial charge in [0.25, 0.3) is 0 Å². The predicted molar refractivity (Wildman–Crippen MR) is 324 cm³/mol. The first-order chi connectivity index (χ1) is 37.3. The number of hydrogen-bond acceptors (Lipinski definition) is 11. The van der Waals surface area contributed by atoms with E-state index in [-0.39, 0.29) is 70.2 Å². The van der Waals surface area contributed by atoms with E-state index in [1.165, 1.54) is 33.4 Å². The summed E-state index contributed by atoms with van der Waals surface area (Å²) < 4.78 is 5.02. The number of ether oxygens (including phenoxy) is 1. The molecule has 0 fully saturated rings. The zero-order valence-electron chi connectivity index (χ0n) is 51.1. The topological polar surface area (TPSA) is 237 Å². The Balaban J connectivity index is 0.000000759. The normalized spacial score (nSPS) is 11.6. The van der Waals surface area contributed by atoms with Crippen LogP contribution in [0, 0.1) is 27.7 Å². The molecule has 0 aliphatic rings. The van der Waals surface area contributed by atoms with Crippen molar-refractivity contribution in [3.8, 4) is 22.8 Å². The van der Waals surface area contributed by atoms with Crippen molar-refractivity contribution >= 4 is 24.1 Å². The Morgan fingerprint density at radius 2 is 0.802 bits per heavy atom. The van der Waals surface area contributed by atoms with Crippen molar-refractivity contribution in [1.82, 2.24) is 19.9 Å². The summed E-state index contributed by atoms with van der Waals surface area (Å²) in [5.74, 6) is 0.0851. The van der Waals surface area contributed by atoms with Crippen molar-refractivity contribution in [3.05, 3.63) is 176 Å². The molecule has 0 saturated carbocycles. The van der Waals surface area contributed by atoms with E-state index in [1.54, 1.807) is 31.7 Å². The molecule has 7 N–H and O–H groups in total. The van der Waals surface area contributed by atoms with Crippen LogP contribution in [-0.4, -0.2) is 88.2 Å². The number of aryl methyl sites for hydroxylation is 4. The number of carbonyl (C=O) groups is 2. The Hall–Kier alpha value is -5.74. The first kappa shape index (κ1) is 73.3. The van der Waals surface area contributed by atoms with Crippen molar-refractivity contribution in [2.24, 2.45) is 0 Å². The number of rotatable bonds is 23. The molecule has 0 unspecified atom stereocenters. The molecule has 0 amide bonds. The SMILES string of the molecule is CCC(O)(/C=C/c1ccc(C(CC)(CC)c2ccc(-c3ncc(CC(=O)O)cn3)c(C)c2)cc1C)CC.CCOC(=O)Cc1cnc(-c2ccc(C(CC)(CC)c3ccc(/C=C/C(O)(CC)CC)c(C)c3)cc2C)nc1.CO.O.[Na+].[OH-]. The number of benzene rings is 4. The summed E-state index contributed by atoms with van der Waals surface area (Å²) in [6.45, 7) is 27.7. The molecule has 0 radical (unpaired) electrons. The minimum atomic E-state index is -0.893. The van der Waals surface area contributed by atoms with Crippen LogP contribution >= 0.6 is 0 Å². The van der Waals surface area contributed by atoms with Crippen LogP contribution in [0.25, 0.3) is 34.9 Å². The Labute approximate surface area is 505 Å². The van der Waals surface area contributed by atoms with Crippen LogP contribution in [-0.2, 0) is 38.0 Å². The molecule has 6 aromatic rings. The molecule has 13 nitrogen and oxygen atoms in total. The minimum absolute atomic E-state index is 0. The molecule has 4 aromatic carbocycles. The van der Waals surface area contributed by atoms with E-state index in [0.29, 0.717) is 49.5 Å². The van der Waals surface area contributed by atoms with E-state index in [4.69, 9.17) is 14.9 Å². The predicted octanol–water partition coefficient (Wildman–Crippen LogP) is 10.2. The number of aliphatic hydroxyl groups excluding tert-OH is 1. The van der Waals surface area contributed by atoms with Gasteiger partial charge in [-0.25, -0.2) is 19.9 Å². The summed E-state index contributed by atoms with van der Waals surface area (Å²) in [5.41, 5.74) is 13.5. The van der Waals surface area contributed by atoms with Gasteiger partial charge >= 0.3 is 41.5 Å². The van der Waals surface area contributed by atoms with E-state index in [0.717, 1.165) is 71.7 Å². The summed E-state index contributed by atoms with van der Waals surface area (Å²) in [7, 11) is 1.00. The maximum absolute atomic E-state index is 11.8. The molecular formula is C67H91N4NaO9. The zero-order chi connectivity index (χ0) is 57.8. The van der Waals surface area contributed by atoms with Crippen LogP contribution in [0.15, 0.2) is 110 Å². The monoisotopic (exact) mass is 1120 g/mol. The smallest absolute Gasteiger partial charge is 0.870 e. The number of nitrogens with zero attached hydrogens (tertiary/aromatic N) is 4. The van der Waals surface area contributed by atoms with Gasteiger partial charge in [0.15, 0.2) is 11.6 Å². The van der Waals surface area contributed by atoms with Gasteiger partial charge in [-0.3, -0.25) is 9.59 Å². The standard InChI is InChI=1S/C34H44N2O3.C32H40N2O3.CH4O.Na.2H2O/c1-8-33(38,9-2)18-17-27-13-14-28(19-24(27)6)34(10-3,11-4)29-15-16-30(25(7)20-29)32-35-22-26(23-36-32)21-31(37)39-12-5;1-7-31(37,8-2)16-15-25-11-12-26(17-22(25)5)32(9-3,10-4)27-13-14-28(23(6)18-27)30-33-20-24(21-34-30)19-29(35)36;1-2;;;/h13-20,22-23,38H,8-12,21H2,1-7H3;11-18,20-21,37H,7-10,19H2,1-6H3,(H,35,36);2H,1H3;;2*1H2/q;;;+1;;/p-1/b18-17+;16-15+;;;;. The second-order valence-electron chi connectivity index (χ2n) is 20.5. The fourth-order valence-electron chi connectivity index (χ4n) is 10.4. The van der Waals surface area contributed by atoms with Crippen LogP contribution in [0.2, 0.25) is 0 Å². The average Bonchev–Trinajstić information content (AvgIpc) is 3.44. The first-order valence-electron chi connectivity index (χ1n) is 28.0. The number of hydrogen-bond donors (Lipinski definition) is 4. The second-order valence-corrected chi connectivity index (χ2v) is 20.5. The van der Waals surface area contributed by atoms with Gasteiger partial charge in [-0.1, -0.05) is 152 Å². The fraction of sp³-hybridized carbons (Fsp3) is 0.433. The van der Waals surface area contributed by atoms with Gasteiger partial charge in [0.05, 0.1) is 30.7 Å². The summed E-state index contributed by atoms with van der Waals surface area (Å²) >= 11 is 0. The van der Waals surface area contributed by atoms with Crippen molar-refractivity contribution < 1.29 is 75.3 Å². The molecule has 6 rings (SSSR count). The van der Waals surface area contributed by atoms with Crippen molar-refractivity contribution in [2.75, 3.05) is 13.7 Å². The second kappa shape index (κ2) is 34.0. The average molecular weight is 1120 g/mol. The van der Waals surface area contributed by atoms with Gasteiger partial charge in [0.1, 0.15) is 0 Å². The van der Waals surface area contributed by atoms with E-state index in [2.05, 4.69) is 154 Å². The minimum Gasteiger partial charge on any atom is -0.870 e. The first-order valence-corrected chi connectivity index (χ1v) is 28.0. The maximum Gasteiger partial charge on any atom is 1.00 e. The number of aromatic nitrogens is 4. The number of carbonyl (C=O) groups excluding carboxylic acids is 1. The molecule has 434 valence electrons. The molecular weight excluding hydrogens is 1030 g/mol. The Kier molecular flexibility index (Phi) is 30.8. The molecule has 2 aromatic heterocycles. The number of carboxylic acid groups (broad SMARTS) is 1. The number of carboxylic acids is 1. The fourth-order valence-corrected chi connectivity index (χ4v) is 10.4. The van der Waals surface area contributed by atoms with E-state index in [1.807, 2.05) is 45.9 Å². The summed E-state index contributed by atoms with van der Waals surface area (Å²) in [6, 6.07) is 26.5. The molecule has 0 aliphatic carbocycles. The van der Waals surface area contributed by atoms with Gasteiger partial charge in [-0.15, -0.1) is 0 Å². The van der Waals surface area contributed by atoms with Gasteiger partial charge in [-0.05, 0) is 153 Å². The third-order valence-electron chi connectivity index (χ3n) is 16.1. The molecule has 0 saturated heterocycles. The van der Waals surface area contributed by atoms with Crippen LogP contribution < -0.4 is 29.6 Å². The Bertz CT molecular complexity index is 2960. The number of aliphatic hydroxyl groups is 3. The van der Waals surface area contributed by atoms with Gasteiger partial charge in [-0.2, -0.15) is 0 Å². The molecule has 0 bridgehead atoms. The molecule has 14 heteroatoms. The molecule has 81 heavy (non-hydrogen) atoms. The molecule has 0 aliphatic heterocycles. The van der Waals surface area contributed by atoms with E-state index < -0.39 is 17.2 Å². The van der Waals surface area contributed by atoms with Crippen molar-refractivity contribution in [2.45, 2.75) is 176 Å². The quantitative estimate of drug-likeness (QED) is 0.0346. The maximum atomic E-state index is 11.8. The van der Waals surface area contributed by atoms with Crippen molar-refractivity contribution in [3.63, 3.8) is 0 Å². The third-order valence-corrected chi connectivity index (χ3v) is 16.1. The third kappa shape index (κ3) is 18.4. The molecule has 2 heterocycles. The zero-order valence-corrected chi connectivity index (χ0v) is 53.1. The summed E-state index contributed by atoms with van der Waals surface area (Å²) in [6.07, 6.45) is 21.3. The van der Waals surface area contributed by atoms with Crippen LogP contribution in [0.4, 0.5) is 0 Å². The number of esters is 1. The van der Waals surface area contributed by atoms with E-state index in [9.17, 15) is 19.8 Å². The van der Waals surface area contributed by atoms with Gasteiger partial charge < -0.3 is 36.1 Å². The molecule has 0 spiro atoms. The Morgan fingerprint density at radius 1 is 0.494 bits per heavy atom. The summed E-state index contributed by atoms with van der Waals surface area (Å²) in [4.78, 5) is 40.6. The molecule has 0 atom stereocenters.